The van der Waals surface area contributed by atoms with Crippen LogP contribution in [0.1, 0.15) is 13.3 Å². The van der Waals surface area contributed by atoms with Gasteiger partial charge in [-0.1, -0.05) is 0 Å². The molecule has 0 aromatic rings. The average molecular weight is 158 g/mol. The van der Waals surface area contributed by atoms with Gasteiger partial charge in [-0.05, 0) is 0 Å². The van der Waals surface area contributed by atoms with Crippen molar-refractivity contribution in [3.8, 4) is 0 Å². The molecule has 0 amide bonds. The van der Waals surface area contributed by atoms with Gasteiger partial charge in [0, 0.05) is 0 Å². The monoisotopic (exact) mass is 158 g/mol. The number of hydrogen-bond donors (Lipinski definition) is 0. The van der Waals surface area contributed by atoms with Gasteiger partial charge in [-0.25, -0.2) is 0 Å². The fraction of sp³-hybridized carbons (Fsp3) is 0.600. The predicted octanol–water partition coefficient (Wildman–Crippen LogP) is 0.500. The van der Waals surface area contributed by atoms with Gasteiger partial charge < -0.3 is 0 Å². The number of ketones is 2. The fourth-order valence-electron chi connectivity index (χ4n) is 0.319. The van der Waals surface area contributed by atoms with Crippen LogP contribution in [0.3, 0.4) is 0 Å². The molecule has 0 aromatic carbocycles. The van der Waals surface area contributed by atoms with Gasteiger partial charge >= 0.3 is 55.6 Å². The molecule has 0 rings (SSSR count). The van der Waals surface area contributed by atoms with E-state index in [0.29, 0.717) is 0 Å². The van der Waals surface area contributed by atoms with Crippen LogP contribution in [0.25, 0.3) is 0 Å². The summed E-state index contributed by atoms with van der Waals surface area (Å²) in [4.78, 5) is 20.5. The van der Waals surface area contributed by atoms with Crippen molar-refractivity contribution in [1.82, 2.24) is 0 Å². The Labute approximate surface area is 56.2 Å². The Hall–Kier alpha value is -0.154. The molecule has 0 spiro atoms. The molecular formula is C5H7CoO2. The molecule has 0 saturated heterocycles. The summed E-state index contributed by atoms with van der Waals surface area (Å²) in [6, 6.07) is 0. The second-order valence-corrected chi connectivity index (χ2v) is 1.90. The van der Waals surface area contributed by atoms with E-state index >= 15 is 0 Å². The van der Waals surface area contributed by atoms with E-state index in [1.165, 1.54) is 6.92 Å². The predicted molar refractivity (Wildman–Crippen MR) is 25.1 cm³/mol. The molecule has 0 saturated carbocycles. The average Bonchev–Trinajstić information content (AvgIpc) is 1.65. The quantitative estimate of drug-likeness (QED) is 0.560. The molecule has 0 aliphatic heterocycles. The maximum atomic E-state index is 10.3. The summed E-state index contributed by atoms with van der Waals surface area (Å²) in [6.45, 7) is 1.39. The molecule has 0 atom stereocenters. The molecule has 0 heterocycles. The van der Waals surface area contributed by atoms with Gasteiger partial charge in [0.15, 0.2) is 0 Å². The van der Waals surface area contributed by atoms with Crippen molar-refractivity contribution in [3.63, 3.8) is 0 Å². The molecule has 0 aliphatic rings. The minimum atomic E-state index is -0.113. The van der Waals surface area contributed by atoms with Crippen LogP contribution in [0.4, 0.5) is 0 Å². The van der Waals surface area contributed by atoms with Crippen LogP contribution >= 0.6 is 0 Å². The second kappa shape index (κ2) is 3.80. The Bertz CT molecular complexity index is 109. The Morgan fingerprint density at radius 3 is 2.12 bits per heavy atom. The van der Waals surface area contributed by atoms with Crippen LogP contribution in [0.2, 0.25) is 5.36 Å². The molecule has 0 radical (unpaired) electrons. The van der Waals surface area contributed by atoms with Crippen molar-refractivity contribution in [2.24, 2.45) is 0 Å². The van der Waals surface area contributed by atoms with Gasteiger partial charge in [0.05, 0.1) is 0 Å². The van der Waals surface area contributed by atoms with Gasteiger partial charge in [0.2, 0.25) is 0 Å². The van der Waals surface area contributed by atoms with Crippen LogP contribution in [-0.4, -0.2) is 11.6 Å². The van der Waals surface area contributed by atoms with E-state index in [1.54, 1.807) is 0 Å². The van der Waals surface area contributed by atoms with Crippen LogP contribution < -0.4 is 0 Å². The summed E-state index contributed by atoms with van der Waals surface area (Å²) in [7, 11) is 0. The first-order chi connectivity index (χ1) is 3.66. The molecule has 0 fully saturated rings. The van der Waals surface area contributed by atoms with E-state index in [0.717, 1.165) is 0 Å². The summed E-state index contributed by atoms with van der Waals surface area (Å²) in [6.07, 6.45) is 0.0295. The van der Waals surface area contributed by atoms with Crippen molar-refractivity contribution in [1.29, 1.82) is 0 Å². The molecular weight excluding hydrogens is 151 g/mol. The van der Waals surface area contributed by atoms with Crippen molar-refractivity contribution in [3.05, 3.63) is 0 Å². The Kier molecular flexibility index (Phi) is 3.73. The number of hydrogen-bond acceptors (Lipinski definition) is 2. The molecule has 0 N–H and O–H groups in total. The molecule has 0 unspecified atom stereocenters. The van der Waals surface area contributed by atoms with E-state index in [4.69, 9.17) is 0 Å². The fourth-order valence-corrected chi connectivity index (χ4v) is 0.449. The van der Waals surface area contributed by atoms with Crippen molar-refractivity contribution < 1.29 is 25.3 Å². The number of carbonyl (C=O) groups is 2. The first kappa shape index (κ1) is 7.85. The summed E-state index contributed by atoms with van der Waals surface area (Å²) in [5.74, 6) is -0.208. The zero-order chi connectivity index (χ0) is 6.57. The van der Waals surface area contributed by atoms with Crippen molar-refractivity contribution in [2.75, 3.05) is 0 Å². The van der Waals surface area contributed by atoms with Crippen LogP contribution in [0.15, 0.2) is 0 Å². The Morgan fingerprint density at radius 1 is 1.50 bits per heavy atom. The van der Waals surface area contributed by atoms with E-state index in [9.17, 15) is 9.59 Å². The zero-order valence-electron chi connectivity index (χ0n) is 4.56. The molecule has 0 aliphatic carbocycles. The van der Waals surface area contributed by atoms with E-state index in [-0.39, 0.29) is 23.3 Å². The molecule has 8 heavy (non-hydrogen) atoms. The number of rotatable bonds is 3. The Morgan fingerprint density at radius 2 is 2.00 bits per heavy atom. The number of Topliss-reactive ketones (excluding diaryl/α,β-unsaturated/α-hetero) is 2. The van der Waals surface area contributed by atoms with Crippen LogP contribution in [-0.2, 0) is 25.3 Å². The van der Waals surface area contributed by atoms with Crippen LogP contribution in [0.5, 0.6) is 0 Å². The van der Waals surface area contributed by atoms with E-state index in [1.807, 2.05) is 0 Å². The molecule has 2 nitrogen and oxygen atoms in total. The standard InChI is InChI=1S/C5H7O2.Co/c1-4(6)3-5(2)7;/h1,3H2,2H3;. The molecule has 3 heteroatoms. The van der Waals surface area contributed by atoms with Gasteiger partial charge in [-0.15, -0.1) is 0 Å². The topological polar surface area (TPSA) is 34.1 Å². The summed E-state index contributed by atoms with van der Waals surface area (Å²) >= 11 is 3.73. The van der Waals surface area contributed by atoms with E-state index in [2.05, 4.69) is 15.7 Å². The third kappa shape index (κ3) is 4.02. The third-order valence-electron chi connectivity index (χ3n) is 0.578. The summed E-state index contributed by atoms with van der Waals surface area (Å²) < 4.78 is 0. The van der Waals surface area contributed by atoms with E-state index < -0.39 is 0 Å². The summed E-state index contributed by atoms with van der Waals surface area (Å²) in [5, 5.41) is 0.159. The first-order valence-corrected chi connectivity index (χ1v) is 2.94. The maximum absolute atomic E-state index is 10.3. The molecule has 0 bridgehead atoms. The third-order valence-corrected chi connectivity index (χ3v) is 0.988. The first-order valence-electron chi connectivity index (χ1n) is 2.20. The number of carbonyl (C=O) groups excluding carboxylic acids is 2. The normalized spacial score (nSPS) is 8.88. The molecule has 0 aromatic heterocycles. The van der Waals surface area contributed by atoms with Gasteiger partial charge in [0.25, 0.3) is 0 Å². The molecule has 48 valence electrons. The summed E-state index contributed by atoms with van der Waals surface area (Å²) in [5.41, 5.74) is 0. The van der Waals surface area contributed by atoms with Crippen LogP contribution in [0, 0.1) is 0 Å². The van der Waals surface area contributed by atoms with Gasteiger partial charge in [-0.2, -0.15) is 0 Å². The van der Waals surface area contributed by atoms with Gasteiger partial charge in [-0.3, -0.25) is 0 Å². The Balaban J connectivity index is 3.40. The van der Waals surface area contributed by atoms with Crippen molar-refractivity contribution >= 4 is 11.6 Å². The zero-order valence-corrected chi connectivity index (χ0v) is 5.61. The van der Waals surface area contributed by atoms with Gasteiger partial charge in [0.1, 0.15) is 0 Å². The minimum absolute atomic E-state index is 0.0295. The second-order valence-electron chi connectivity index (χ2n) is 1.54. The van der Waals surface area contributed by atoms with Crippen molar-refractivity contribution in [2.45, 2.75) is 18.7 Å². The SMILES string of the molecule is CC(=O)CC(=O)[CH2][Co].